The van der Waals surface area contributed by atoms with E-state index in [9.17, 15) is 4.79 Å². The van der Waals surface area contributed by atoms with Crippen molar-refractivity contribution in [2.45, 2.75) is 17.9 Å². The van der Waals surface area contributed by atoms with E-state index in [2.05, 4.69) is 11.8 Å². The molecule has 116 valence electrons. The average Bonchev–Trinajstić information content (AvgIpc) is 2.54. The van der Waals surface area contributed by atoms with E-state index in [0.717, 1.165) is 37.7 Å². The molecular formula is C16H24N2O2S. The zero-order chi connectivity index (χ0) is 15.1. The van der Waals surface area contributed by atoms with Crippen molar-refractivity contribution >= 4 is 17.7 Å². The first-order chi connectivity index (χ1) is 10.2. The number of ether oxygens (including phenoxy) is 1. The number of rotatable bonds is 6. The maximum atomic E-state index is 12.2. The SMILES string of the molecule is COCC(C)N1CCN(C(=O)CSc2ccccc2)CC1. The second-order valence-electron chi connectivity index (χ2n) is 5.32. The van der Waals surface area contributed by atoms with Crippen molar-refractivity contribution in [2.75, 3.05) is 45.6 Å². The highest BCUT2D eigenvalue weighted by Crippen LogP contribution is 2.18. The van der Waals surface area contributed by atoms with Crippen LogP contribution in [0.3, 0.4) is 0 Å². The van der Waals surface area contributed by atoms with Crippen LogP contribution in [0.15, 0.2) is 35.2 Å². The van der Waals surface area contributed by atoms with Crippen molar-refractivity contribution in [3.63, 3.8) is 0 Å². The van der Waals surface area contributed by atoms with Gasteiger partial charge in [-0.25, -0.2) is 0 Å². The maximum absolute atomic E-state index is 12.2. The molecule has 0 radical (unpaired) electrons. The Morgan fingerprint density at radius 2 is 1.90 bits per heavy atom. The third-order valence-electron chi connectivity index (χ3n) is 3.80. The lowest BCUT2D eigenvalue weighted by Crippen LogP contribution is -2.52. The third-order valence-corrected chi connectivity index (χ3v) is 4.80. The van der Waals surface area contributed by atoms with E-state index in [4.69, 9.17) is 4.74 Å². The summed E-state index contributed by atoms with van der Waals surface area (Å²) in [6.07, 6.45) is 0. The number of carbonyl (C=O) groups excluding carboxylic acids is 1. The largest absolute Gasteiger partial charge is 0.383 e. The molecule has 21 heavy (non-hydrogen) atoms. The number of benzene rings is 1. The van der Waals surface area contributed by atoms with Gasteiger partial charge < -0.3 is 9.64 Å². The monoisotopic (exact) mass is 308 g/mol. The molecule has 1 unspecified atom stereocenters. The first kappa shape index (κ1) is 16.3. The summed E-state index contributed by atoms with van der Waals surface area (Å²) in [4.78, 5) is 17.8. The van der Waals surface area contributed by atoms with E-state index in [1.807, 2.05) is 35.2 Å². The van der Waals surface area contributed by atoms with E-state index in [0.29, 0.717) is 11.8 Å². The zero-order valence-corrected chi connectivity index (χ0v) is 13.6. The maximum Gasteiger partial charge on any atom is 0.233 e. The normalized spacial score (nSPS) is 17.7. The summed E-state index contributed by atoms with van der Waals surface area (Å²) in [5.41, 5.74) is 0. The Kier molecular flexibility index (Phi) is 6.54. The van der Waals surface area contributed by atoms with Crippen molar-refractivity contribution < 1.29 is 9.53 Å². The fourth-order valence-corrected chi connectivity index (χ4v) is 3.33. The molecular weight excluding hydrogens is 284 g/mol. The number of methoxy groups -OCH3 is 1. The van der Waals surface area contributed by atoms with Gasteiger partial charge in [0.25, 0.3) is 0 Å². The van der Waals surface area contributed by atoms with Gasteiger partial charge in [0.15, 0.2) is 0 Å². The van der Waals surface area contributed by atoms with Crippen molar-refractivity contribution in [1.29, 1.82) is 0 Å². The predicted molar refractivity (Wildman–Crippen MR) is 86.7 cm³/mol. The van der Waals surface area contributed by atoms with Gasteiger partial charge in [-0.1, -0.05) is 18.2 Å². The Balaban J connectivity index is 1.73. The molecule has 4 nitrogen and oxygen atoms in total. The number of hydrogen-bond donors (Lipinski definition) is 0. The van der Waals surface area contributed by atoms with Gasteiger partial charge in [0.2, 0.25) is 5.91 Å². The fourth-order valence-electron chi connectivity index (χ4n) is 2.51. The molecule has 5 heteroatoms. The first-order valence-electron chi connectivity index (χ1n) is 7.39. The smallest absolute Gasteiger partial charge is 0.233 e. The van der Waals surface area contributed by atoms with Crippen LogP contribution in [0.4, 0.5) is 0 Å². The van der Waals surface area contributed by atoms with E-state index in [-0.39, 0.29) is 5.91 Å². The Labute approximate surface area is 131 Å². The summed E-state index contributed by atoms with van der Waals surface area (Å²) in [6, 6.07) is 10.5. The summed E-state index contributed by atoms with van der Waals surface area (Å²) in [7, 11) is 1.73. The number of amides is 1. The summed E-state index contributed by atoms with van der Waals surface area (Å²) in [6.45, 7) is 6.44. The van der Waals surface area contributed by atoms with Gasteiger partial charge in [-0.2, -0.15) is 0 Å². The second-order valence-corrected chi connectivity index (χ2v) is 6.37. The molecule has 1 fully saturated rings. The van der Waals surface area contributed by atoms with Gasteiger partial charge >= 0.3 is 0 Å². The van der Waals surface area contributed by atoms with E-state index in [1.165, 1.54) is 0 Å². The first-order valence-corrected chi connectivity index (χ1v) is 8.38. The Morgan fingerprint density at radius 1 is 1.24 bits per heavy atom. The molecule has 1 amide bonds. The minimum Gasteiger partial charge on any atom is -0.383 e. The fraction of sp³-hybridized carbons (Fsp3) is 0.562. The van der Waals surface area contributed by atoms with Crippen molar-refractivity contribution in [3.05, 3.63) is 30.3 Å². The predicted octanol–water partition coefficient (Wildman–Crippen LogP) is 1.96. The van der Waals surface area contributed by atoms with E-state index < -0.39 is 0 Å². The highest BCUT2D eigenvalue weighted by molar-refractivity contribution is 8.00. The lowest BCUT2D eigenvalue weighted by molar-refractivity contribution is -0.130. The van der Waals surface area contributed by atoms with E-state index >= 15 is 0 Å². The van der Waals surface area contributed by atoms with Gasteiger partial charge in [0, 0.05) is 44.2 Å². The van der Waals surface area contributed by atoms with E-state index in [1.54, 1.807) is 18.9 Å². The Hall–Kier alpha value is -1.04. The molecule has 1 saturated heterocycles. The standard InChI is InChI=1S/C16H24N2O2S/c1-14(12-20-2)17-8-10-18(11-9-17)16(19)13-21-15-6-4-3-5-7-15/h3-7,14H,8-13H2,1-2H3. The number of nitrogens with zero attached hydrogens (tertiary/aromatic N) is 2. The number of hydrogen-bond acceptors (Lipinski definition) is 4. The molecule has 0 saturated carbocycles. The number of carbonyl (C=O) groups is 1. The second kappa shape index (κ2) is 8.41. The van der Waals surface area contributed by atoms with Gasteiger partial charge in [-0.15, -0.1) is 11.8 Å². The van der Waals surface area contributed by atoms with Gasteiger partial charge in [-0.3, -0.25) is 9.69 Å². The molecule has 1 aliphatic rings. The van der Waals surface area contributed by atoms with Crippen molar-refractivity contribution in [2.24, 2.45) is 0 Å². The lowest BCUT2D eigenvalue weighted by Gasteiger charge is -2.37. The third kappa shape index (κ3) is 5.02. The lowest BCUT2D eigenvalue weighted by atomic mass is 10.2. The summed E-state index contributed by atoms with van der Waals surface area (Å²) >= 11 is 1.61. The molecule has 1 heterocycles. The zero-order valence-electron chi connectivity index (χ0n) is 12.8. The van der Waals surface area contributed by atoms with Crippen LogP contribution in [0.2, 0.25) is 0 Å². The molecule has 1 atom stereocenters. The van der Waals surface area contributed by atoms with Gasteiger partial charge in [-0.05, 0) is 19.1 Å². The molecule has 0 N–H and O–H groups in total. The van der Waals surface area contributed by atoms with Crippen LogP contribution in [0.25, 0.3) is 0 Å². The Morgan fingerprint density at radius 3 is 2.52 bits per heavy atom. The van der Waals surface area contributed by atoms with Crippen LogP contribution in [-0.2, 0) is 9.53 Å². The summed E-state index contributed by atoms with van der Waals surface area (Å²) in [5.74, 6) is 0.764. The van der Waals surface area contributed by atoms with Crippen LogP contribution in [0.5, 0.6) is 0 Å². The number of thioether (sulfide) groups is 1. The molecule has 0 spiro atoms. The number of piperazine rings is 1. The minimum atomic E-state index is 0.239. The van der Waals surface area contributed by atoms with Crippen LogP contribution >= 0.6 is 11.8 Å². The topological polar surface area (TPSA) is 32.8 Å². The quantitative estimate of drug-likeness (QED) is 0.752. The van der Waals surface area contributed by atoms with Crippen molar-refractivity contribution in [3.8, 4) is 0 Å². The Bertz CT molecular complexity index is 433. The summed E-state index contributed by atoms with van der Waals surface area (Å²) in [5, 5.41) is 0. The molecule has 0 aliphatic carbocycles. The highest BCUT2D eigenvalue weighted by Gasteiger charge is 2.23. The van der Waals surface area contributed by atoms with Crippen LogP contribution < -0.4 is 0 Å². The molecule has 0 aromatic heterocycles. The summed E-state index contributed by atoms with van der Waals surface area (Å²) < 4.78 is 5.19. The average molecular weight is 308 g/mol. The highest BCUT2D eigenvalue weighted by atomic mass is 32.2. The molecule has 0 bridgehead atoms. The minimum absolute atomic E-state index is 0.239. The van der Waals surface area contributed by atoms with Crippen LogP contribution in [0.1, 0.15) is 6.92 Å². The van der Waals surface area contributed by atoms with Crippen LogP contribution in [-0.4, -0.2) is 67.4 Å². The molecule has 2 rings (SSSR count). The molecule has 1 aromatic rings. The molecule has 1 aliphatic heterocycles. The van der Waals surface area contributed by atoms with Gasteiger partial charge in [0.1, 0.15) is 0 Å². The van der Waals surface area contributed by atoms with Crippen LogP contribution in [0, 0.1) is 0 Å². The molecule has 1 aromatic carbocycles. The van der Waals surface area contributed by atoms with Gasteiger partial charge in [0.05, 0.1) is 12.4 Å². The van der Waals surface area contributed by atoms with Crippen molar-refractivity contribution in [1.82, 2.24) is 9.80 Å².